The maximum atomic E-state index is 11.3. The van der Waals surface area contributed by atoms with Crippen LogP contribution in [0.2, 0.25) is 0 Å². The molecule has 3 nitrogen and oxygen atoms in total. The van der Waals surface area contributed by atoms with Crippen molar-refractivity contribution in [3.8, 4) is 11.5 Å². The Morgan fingerprint density at radius 2 is 1.71 bits per heavy atom. The zero-order valence-corrected chi connectivity index (χ0v) is 12.5. The summed E-state index contributed by atoms with van der Waals surface area (Å²) in [6.07, 6.45) is 0.808. The molecule has 0 aliphatic rings. The van der Waals surface area contributed by atoms with Gasteiger partial charge in [0.25, 0.3) is 0 Å². The lowest BCUT2D eigenvalue weighted by molar-refractivity contribution is 0.101. The second-order valence-electron chi connectivity index (χ2n) is 4.90. The van der Waals surface area contributed by atoms with Crippen molar-refractivity contribution < 1.29 is 14.3 Å². The fraction of sp³-hybridized carbons (Fsp3) is 0.278. The van der Waals surface area contributed by atoms with Crippen LogP contribution >= 0.6 is 0 Å². The monoisotopic (exact) mass is 284 g/mol. The molecule has 2 rings (SSSR count). The van der Waals surface area contributed by atoms with Crippen molar-refractivity contribution in [1.29, 1.82) is 0 Å². The Labute approximate surface area is 125 Å². The number of ketones is 1. The highest BCUT2D eigenvalue weighted by atomic mass is 16.5. The third kappa shape index (κ3) is 4.63. The largest absolute Gasteiger partial charge is 0.493 e. The third-order valence-electron chi connectivity index (χ3n) is 3.14. The number of Topliss-reactive ketones (excluding diaryl/α,β-unsaturated/α-hetero) is 1. The van der Waals surface area contributed by atoms with E-state index in [0.29, 0.717) is 18.8 Å². The number of carbonyl (C=O) groups excluding carboxylic acids is 1. The molecular formula is C18H20O3. The Balaban J connectivity index is 1.75. The summed E-state index contributed by atoms with van der Waals surface area (Å²) < 4.78 is 11.3. The third-order valence-corrected chi connectivity index (χ3v) is 3.14. The van der Waals surface area contributed by atoms with E-state index in [0.717, 1.165) is 23.5 Å². The van der Waals surface area contributed by atoms with Gasteiger partial charge in [-0.1, -0.05) is 18.2 Å². The number of rotatable bonds is 7. The van der Waals surface area contributed by atoms with Crippen molar-refractivity contribution in [1.82, 2.24) is 0 Å². The fourth-order valence-electron chi connectivity index (χ4n) is 1.98. The normalized spacial score (nSPS) is 10.2. The van der Waals surface area contributed by atoms with Crippen LogP contribution in [-0.2, 0) is 0 Å². The summed E-state index contributed by atoms with van der Waals surface area (Å²) in [5, 5.41) is 0. The number of para-hydroxylation sites is 1. The van der Waals surface area contributed by atoms with Crippen LogP contribution in [0, 0.1) is 6.92 Å². The number of carbonyl (C=O) groups is 1. The van der Waals surface area contributed by atoms with Crippen LogP contribution in [0.1, 0.15) is 29.3 Å². The standard InChI is InChI=1S/C18H20O3/c1-14-13-16(15(2)19)9-10-18(14)21-12-6-11-20-17-7-4-3-5-8-17/h3-5,7-10,13H,6,11-12H2,1-2H3. The molecule has 0 unspecified atom stereocenters. The Hall–Kier alpha value is -2.29. The quantitative estimate of drug-likeness (QED) is 0.568. The summed E-state index contributed by atoms with van der Waals surface area (Å²) in [6, 6.07) is 15.2. The molecule has 0 spiro atoms. The van der Waals surface area contributed by atoms with E-state index in [1.807, 2.05) is 49.4 Å². The molecule has 2 aromatic carbocycles. The minimum Gasteiger partial charge on any atom is -0.493 e. The lowest BCUT2D eigenvalue weighted by Crippen LogP contribution is -2.06. The van der Waals surface area contributed by atoms with Gasteiger partial charge < -0.3 is 9.47 Å². The van der Waals surface area contributed by atoms with Gasteiger partial charge in [0.05, 0.1) is 13.2 Å². The smallest absolute Gasteiger partial charge is 0.159 e. The van der Waals surface area contributed by atoms with E-state index >= 15 is 0 Å². The molecule has 0 bridgehead atoms. The van der Waals surface area contributed by atoms with Gasteiger partial charge in [-0.3, -0.25) is 4.79 Å². The van der Waals surface area contributed by atoms with Gasteiger partial charge in [-0.25, -0.2) is 0 Å². The van der Waals surface area contributed by atoms with Crippen molar-refractivity contribution in [3.63, 3.8) is 0 Å². The number of aryl methyl sites for hydroxylation is 1. The maximum Gasteiger partial charge on any atom is 0.159 e. The first-order valence-corrected chi connectivity index (χ1v) is 7.09. The van der Waals surface area contributed by atoms with Gasteiger partial charge in [0.1, 0.15) is 11.5 Å². The van der Waals surface area contributed by atoms with Crippen LogP contribution in [0.15, 0.2) is 48.5 Å². The first kappa shape index (κ1) is 15.1. The van der Waals surface area contributed by atoms with E-state index in [-0.39, 0.29) is 5.78 Å². The van der Waals surface area contributed by atoms with E-state index in [2.05, 4.69) is 0 Å². The predicted octanol–water partition coefficient (Wildman–Crippen LogP) is 4.05. The molecule has 0 aliphatic carbocycles. The molecule has 0 heterocycles. The van der Waals surface area contributed by atoms with Crippen molar-refractivity contribution in [2.24, 2.45) is 0 Å². The van der Waals surface area contributed by atoms with Crippen LogP contribution in [0.5, 0.6) is 11.5 Å². The lowest BCUT2D eigenvalue weighted by atomic mass is 10.1. The number of benzene rings is 2. The Kier molecular flexibility index (Phi) is 5.38. The molecule has 0 saturated heterocycles. The summed E-state index contributed by atoms with van der Waals surface area (Å²) in [5.74, 6) is 1.76. The van der Waals surface area contributed by atoms with E-state index in [1.54, 1.807) is 13.0 Å². The minimum absolute atomic E-state index is 0.0703. The highest BCUT2D eigenvalue weighted by Gasteiger charge is 2.04. The van der Waals surface area contributed by atoms with Gasteiger partial charge in [0.2, 0.25) is 0 Å². The number of hydrogen-bond acceptors (Lipinski definition) is 3. The predicted molar refractivity (Wildman–Crippen MR) is 83.2 cm³/mol. The van der Waals surface area contributed by atoms with E-state index in [9.17, 15) is 4.79 Å². The molecule has 2 aromatic rings. The molecule has 0 atom stereocenters. The highest BCUT2D eigenvalue weighted by Crippen LogP contribution is 2.19. The topological polar surface area (TPSA) is 35.5 Å². The van der Waals surface area contributed by atoms with Crippen LogP contribution in [0.4, 0.5) is 0 Å². The molecule has 0 saturated carbocycles. The summed E-state index contributed by atoms with van der Waals surface area (Å²) in [6.45, 7) is 4.72. The van der Waals surface area contributed by atoms with Crippen molar-refractivity contribution >= 4 is 5.78 Å². The zero-order valence-electron chi connectivity index (χ0n) is 12.5. The van der Waals surface area contributed by atoms with E-state index in [1.165, 1.54) is 0 Å². The molecule has 0 aromatic heterocycles. The average molecular weight is 284 g/mol. The molecule has 21 heavy (non-hydrogen) atoms. The van der Waals surface area contributed by atoms with Gasteiger partial charge in [-0.05, 0) is 49.7 Å². The summed E-state index contributed by atoms with van der Waals surface area (Å²) in [7, 11) is 0. The van der Waals surface area contributed by atoms with Crippen molar-refractivity contribution in [3.05, 3.63) is 59.7 Å². The number of ether oxygens (including phenoxy) is 2. The van der Waals surface area contributed by atoms with Crippen LogP contribution in [0.3, 0.4) is 0 Å². The molecule has 0 aliphatic heterocycles. The molecule has 0 N–H and O–H groups in total. The van der Waals surface area contributed by atoms with Crippen LogP contribution in [-0.4, -0.2) is 19.0 Å². The second-order valence-corrected chi connectivity index (χ2v) is 4.90. The molecule has 110 valence electrons. The first-order chi connectivity index (χ1) is 10.2. The lowest BCUT2D eigenvalue weighted by Gasteiger charge is -2.10. The van der Waals surface area contributed by atoms with Gasteiger partial charge in [-0.2, -0.15) is 0 Å². The summed E-state index contributed by atoms with van der Waals surface area (Å²) in [5.41, 5.74) is 1.69. The van der Waals surface area contributed by atoms with E-state index in [4.69, 9.17) is 9.47 Å². The second kappa shape index (κ2) is 7.48. The van der Waals surface area contributed by atoms with Gasteiger partial charge in [0.15, 0.2) is 5.78 Å². The molecular weight excluding hydrogens is 264 g/mol. The van der Waals surface area contributed by atoms with E-state index < -0.39 is 0 Å². The van der Waals surface area contributed by atoms with Crippen LogP contribution < -0.4 is 9.47 Å². The molecule has 0 amide bonds. The van der Waals surface area contributed by atoms with Crippen LogP contribution in [0.25, 0.3) is 0 Å². The summed E-state index contributed by atoms with van der Waals surface area (Å²) >= 11 is 0. The van der Waals surface area contributed by atoms with Crippen molar-refractivity contribution in [2.75, 3.05) is 13.2 Å². The Morgan fingerprint density at radius 3 is 2.38 bits per heavy atom. The fourth-order valence-corrected chi connectivity index (χ4v) is 1.98. The summed E-state index contributed by atoms with van der Waals surface area (Å²) in [4.78, 5) is 11.3. The molecule has 0 radical (unpaired) electrons. The van der Waals surface area contributed by atoms with Gasteiger partial charge in [0, 0.05) is 12.0 Å². The molecule has 0 fully saturated rings. The SMILES string of the molecule is CC(=O)c1ccc(OCCCOc2ccccc2)c(C)c1. The Morgan fingerprint density at radius 1 is 1.00 bits per heavy atom. The highest BCUT2D eigenvalue weighted by molar-refractivity contribution is 5.94. The zero-order chi connectivity index (χ0) is 15.1. The van der Waals surface area contributed by atoms with Gasteiger partial charge >= 0.3 is 0 Å². The van der Waals surface area contributed by atoms with Gasteiger partial charge in [-0.15, -0.1) is 0 Å². The average Bonchev–Trinajstić information content (AvgIpc) is 2.49. The van der Waals surface area contributed by atoms with Crippen molar-refractivity contribution in [2.45, 2.75) is 20.3 Å². The minimum atomic E-state index is 0.0703. The maximum absolute atomic E-state index is 11.3. The Bertz CT molecular complexity index is 591. The first-order valence-electron chi connectivity index (χ1n) is 7.09. The number of hydrogen-bond donors (Lipinski definition) is 0. The molecule has 3 heteroatoms.